The lowest BCUT2D eigenvalue weighted by atomic mass is 10.0. The van der Waals surface area contributed by atoms with Crippen molar-refractivity contribution in [2.45, 2.75) is 44.0 Å². The largest absolute Gasteiger partial charge is 0.312 e. The number of nitrogens with two attached hydrogens (primary N) is 1. The van der Waals surface area contributed by atoms with E-state index in [9.17, 15) is 8.42 Å². The molecule has 0 aromatic carbocycles. The van der Waals surface area contributed by atoms with Crippen LogP contribution in [0.1, 0.15) is 26.7 Å². The van der Waals surface area contributed by atoms with Gasteiger partial charge in [-0.2, -0.15) is 0 Å². The van der Waals surface area contributed by atoms with Crippen molar-refractivity contribution < 1.29 is 8.42 Å². The molecule has 0 spiro atoms. The predicted molar refractivity (Wildman–Crippen MR) is 48.2 cm³/mol. The molecule has 0 radical (unpaired) electrons. The first-order chi connectivity index (χ1) is 5.39. The van der Waals surface area contributed by atoms with Crippen LogP contribution < -0.4 is 10.5 Å². The van der Waals surface area contributed by atoms with Crippen molar-refractivity contribution in [2.75, 3.05) is 0 Å². The van der Waals surface area contributed by atoms with E-state index in [-0.39, 0.29) is 17.3 Å². The van der Waals surface area contributed by atoms with Crippen LogP contribution in [-0.4, -0.2) is 25.8 Å². The molecule has 1 fully saturated rings. The first-order valence-corrected chi connectivity index (χ1v) is 5.78. The third kappa shape index (κ3) is 2.43. The SMILES string of the molecule is CC1CC(S(N)(=O)=O)CC(C)N1. The summed E-state index contributed by atoms with van der Waals surface area (Å²) in [6.45, 7) is 3.96. The van der Waals surface area contributed by atoms with Gasteiger partial charge in [0, 0.05) is 12.1 Å². The van der Waals surface area contributed by atoms with Gasteiger partial charge in [-0.15, -0.1) is 0 Å². The van der Waals surface area contributed by atoms with Gasteiger partial charge >= 0.3 is 0 Å². The first-order valence-electron chi connectivity index (χ1n) is 4.17. The number of sulfonamides is 1. The Morgan fingerprint density at radius 2 is 1.67 bits per heavy atom. The minimum atomic E-state index is -3.33. The molecule has 5 heteroatoms. The molecule has 4 nitrogen and oxygen atoms in total. The van der Waals surface area contributed by atoms with Crippen LogP contribution in [0.3, 0.4) is 0 Å². The molecule has 0 aromatic heterocycles. The Morgan fingerprint density at radius 1 is 1.25 bits per heavy atom. The molecule has 1 heterocycles. The Hall–Kier alpha value is -0.130. The predicted octanol–water partition coefficient (Wildman–Crippen LogP) is -0.196. The van der Waals surface area contributed by atoms with Crippen molar-refractivity contribution in [1.82, 2.24) is 5.32 Å². The van der Waals surface area contributed by atoms with E-state index in [0.717, 1.165) is 0 Å². The zero-order valence-electron chi connectivity index (χ0n) is 7.45. The lowest BCUT2D eigenvalue weighted by Crippen LogP contribution is -2.48. The van der Waals surface area contributed by atoms with Crippen molar-refractivity contribution in [3.05, 3.63) is 0 Å². The van der Waals surface area contributed by atoms with Gasteiger partial charge < -0.3 is 5.32 Å². The monoisotopic (exact) mass is 192 g/mol. The van der Waals surface area contributed by atoms with Gasteiger partial charge in [-0.3, -0.25) is 0 Å². The zero-order valence-corrected chi connectivity index (χ0v) is 8.26. The smallest absolute Gasteiger partial charge is 0.212 e. The van der Waals surface area contributed by atoms with Crippen LogP contribution in [0.15, 0.2) is 0 Å². The molecule has 2 atom stereocenters. The van der Waals surface area contributed by atoms with Crippen molar-refractivity contribution in [3.63, 3.8) is 0 Å². The summed E-state index contributed by atoms with van der Waals surface area (Å²) in [5, 5.41) is 7.98. The summed E-state index contributed by atoms with van der Waals surface area (Å²) < 4.78 is 22.1. The maximum absolute atomic E-state index is 11.0. The average molecular weight is 192 g/mol. The average Bonchev–Trinajstić information content (AvgIpc) is 1.82. The van der Waals surface area contributed by atoms with Crippen LogP contribution >= 0.6 is 0 Å². The highest BCUT2D eigenvalue weighted by Gasteiger charge is 2.30. The molecule has 0 saturated carbocycles. The van der Waals surface area contributed by atoms with Crippen molar-refractivity contribution in [2.24, 2.45) is 5.14 Å². The minimum Gasteiger partial charge on any atom is -0.312 e. The molecule has 1 aliphatic rings. The van der Waals surface area contributed by atoms with Gasteiger partial charge in [0.25, 0.3) is 0 Å². The van der Waals surface area contributed by atoms with E-state index >= 15 is 0 Å². The summed E-state index contributed by atoms with van der Waals surface area (Å²) in [4.78, 5) is 0. The highest BCUT2D eigenvalue weighted by Crippen LogP contribution is 2.18. The maximum Gasteiger partial charge on any atom is 0.212 e. The van der Waals surface area contributed by atoms with Gasteiger partial charge in [0.2, 0.25) is 10.0 Å². The zero-order chi connectivity index (χ0) is 9.35. The van der Waals surface area contributed by atoms with E-state index in [1.165, 1.54) is 0 Å². The van der Waals surface area contributed by atoms with Crippen LogP contribution in [-0.2, 0) is 10.0 Å². The lowest BCUT2D eigenvalue weighted by molar-refractivity contribution is 0.351. The highest BCUT2D eigenvalue weighted by molar-refractivity contribution is 7.89. The van der Waals surface area contributed by atoms with E-state index in [1.807, 2.05) is 13.8 Å². The second kappa shape index (κ2) is 3.32. The fourth-order valence-electron chi connectivity index (χ4n) is 1.77. The third-order valence-corrected chi connectivity index (χ3v) is 3.58. The second-order valence-electron chi connectivity index (χ2n) is 3.65. The molecule has 0 aromatic rings. The van der Waals surface area contributed by atoms with Crippen LogP contribution in [0.25, 0.3) is 0 Å². The summed E-state index contributed by atoms with van der Waals surface area (Å²) in [5.74, 6) is 0. The summed E-state index contributed by atoms with van der Waals surface area (Å²) in [7, 11) is -3.33. The molecular formula is C7H16N2O2S. The standard InChI is InChI=1S/C7H16N2O2S/c1-5-3-7(12(8,10)11)4-6(2)9-5/h5-7,9H,3-4H2,1-2H3,(H2,8,10,11). The second-order valence-corrected chi connectivity index (χ2v) is 5.50. The highest BCUT2D eigenvalue weighted by atomic mass is 32.2. The number of piperidine rings is 1. The molecule has 0 aliphatic carbocycles. The van der Waals surface area contributed by atoms with Gasteiger partial charge in [0.1, 0.15) is 0 Å². The maximum atomic E-state index is 11.0. The Bertz CT molecular complexity index is 240. The Kier molecular flexibility index (Phi) is 2.75. The van der Waals surface area contributed by atoms with Crippen molar-refractivity contribution in [3.8, 4) is 0 Å². The van der Waals surface area contributed by atoms with E-state index in [0.29, 0.717) is 12.8 Å². The molecular weight excluding hydrogens is 176 g/mol. The fraction of sp³-hybridized carbons (Fsp3) is 1.00. The Labute approximate surface area is 73.6 Å². The van der Waals surface area contributed by atoms with E-state index in [1.54, 1.807) is 0 Å². The Morgan fingerprint density at radius 3 is 2.00 bits per heavy atom. The number of primary sulfonamides is 1. The molecule has 1 rings (SSSR count). The molecule has 3 N–H and O–H groups in total. The molecule has 2 unspecified atom stereocenters. The molecule has 0 amide bonds. The fourth-order valence-corrected chi connectivity index (χ4v) is 2.89. The van der Waals surface area contributed by atoms with Gasteiger partial charge in [-0.05, 0) is 26.7 Å². The molecule has 72 valence electrons. The van der Waals surface area contributed by atoms with Crippen molar-refractivity contribution >= 4 is 10.0 Å². The summed E-state index contributed by atoms with van der Waals surface area (Å²) >= 11 is 0. The van der Waals surface area contributed by atoms with Crippen LogP contribution in [0, 0.1) is 0 Å². The molecule has 12 heavy (non-hydrogen) atoms. The normalized spacial score (nSPS) is 38.1. The van der Waals surface area contributed by atoms with Gasteiger partial charge in [-0.1, -0.05) is 0 Å². The van der Waals surface area contributed by atoms with Crippen LogP contribution in [0.2, 0.25) is 0 Å². The minimum absolute atomic E-state index is 0.247. The number of hydrogen-bond donors (Lipinski definition) is 2. The summed E-state index contributed by atoms with van der Waals surface area (Å²) in [6, 6.07) is 0.495. The first kappa shape index (κ1) is 9.95. The topological polar surface area (TPSA) is 72.2 Å². The van der Waals surface area contributed by atoms with Gasteiger partial charge in [0.15, 0.2) is 0 Å². The van der Waals surface area contributed by atoms with Gasteiger partial charge in [0.05, 0.1) is 5.25 Å². The van der Waals surface area contributed by atoms with E-state index in [2.05, 4.69) is 5.32 Å². The van der Waals surface area contributed by atoms with E-state index < -0.39 is 10.0 Å². The summed E-state index contributed by atoms with van der Waals surface area (Å²) in [6.07, 6.45) is 1.26. The number of nitrogens with one attached hydrogen (secondary N) is 1. The summed E-state index contributed by atoms with van der Waals surface area (Å²) in [5.41, 5.74) is 0. The lowest BCUT2D eigenvalue weighted by Gasteiger charge is -2.31. The van der Waals surface area contributed by atoms with E-state index in [4.69, 9.17) is 5.14 Å². The Balaban J connectivity index is 2.68. The van der Waals surface area contributed by atoms with Gasteiger partial charge in [-0.25, -0.2) is 13.6 Å². The van der Waals surface area contributed by atoms with Crippen LogP contribution in [0.5, 0.6) is 0 Å². The number of hydrogen-bond acceptors (Lipinski definition) is 3. The number of rotatable bonds is 1. The molecule has 1 aliphatic heterocycles. The molecule has 0 bridgehead atoms. The van der Waals surface area contributed by atoms with Crippen molar-refractivity contribution in [1.29, 1.82) is 0 Å². The quantitative estimate of drug-likeness (QED) is 0.604. The van der Waals surface area contributed by atoms with Crippen LogP contribution in [0.4, 0.5) is 0 Å². The molecule has 1 saturated heterocycles. The third-order valence-electron chi connectivity index (χ3n) is 2.27.